The first-order valence-corrected chi connectivity index (χ1v) is 14.3. The molecule has 200 valence electrons. The molecule has 0 amide bonds. The molecule has 0 saturated heterocycles. The molecule has 2 N–H and O–H groups in total. The minimum Gasteiger partial charge on any atom is -0.324 e. The van der Waals surface area contributed by atoms with E-state index in [4.69, 9.17) is 28.9 Å². The largest absolute Gasteiger partial charge is 0.384 e. The first kappa shape index (κ1) is 34.1. The molecule has 1 aromatic rings. The molecule has 1 rings (SSSR count). The molecular formula is C26H38Cl2N3O4P. The predicted molar refractivity (Wildman–Crippen MR) is 153 cm³/mol. The normalized spacial score (nSPS) is 12.8. The Morgan fingerprint density at radius 1 is 1.00 bits per heavy atom. The number of hydrogen-bond acceptors (Lipinski definition) is 5. The van der Waals surface area contributed by atoms with E-state index in [1.807, 2.05) is 19.1 Å². The Kier molecular flexibility index (Phi) is 17.4. The number of allylic oxidation sites excluding steroid dienone is 6. The van der Waals surface area contributed by atoms with Gasteiger partial charge in [-0.05, 0) is 77.8 Å². The molecule has 7 nitrogen and oxygen atoms in total. The summed E-state index contributed by atoms with van der Waals surface area (Å²) in [6.07, 6.45) is 10.6. The highest BCUT2D eigenvalue weighted by Gasteiger charge is 2.40. The maximum absolute atomic E-state index is 12.0. The minimum atomic E-state index is -4.34. The zero-order valence-electron chi connectivity index (χ0n) is 21.8. The Bertz CT molecular complexity index is 1010. The van der Waals surface area contributed by atoms with Crippen LogP contribution >= 0.6 is 30.6 Å². The van der Waals surface area contributed by atoms with Crippen molar-refractivity contribution >= 4 is 36.4 Å². The Hall–Kier alpha value is -1.92. The van der Waals surface area contributed by atoms with Crippen molar-refractivity contribution in [3.8, 4) is 0 Å². The maximum atomic E-state index is 12.0. The van der Waals surface area contributed by atoms with E-state index in [1.165, 1.54) is 11.1 Å². The van der Waals surface area contributed by atoms with Crippen LogP contribution < -0.4 is 5.73 Å². The van der Waals surface area contributed by atoms with E-state index < -0.39 is 25.4 Å². The van der Waals surface area contributed by atoms with Gasteiger partial charge in [0, 0.05) is 9.89 Å². The fourth-order valence-corrected chi connectivity index (χ4v) is 4.77. The lowest BCUT2D eigenvalue weighted by Crippen LogP contribution is -2.27. The van der Waals surface area contributed by atoms with Crippen LogP contribution in [0.3, 0.4) is 0 Å². The lowest BCUT2D eigenvalue weighted by molar-refractivity contribution is -0.117. The second kappa shape index (κ2) is 18.3. The molecule has 1 atom stereocenters. The molecule has 0 aliphatic rings. The molecule has 0 bridgehead atoms. The topological polar surface area (TPSA) is 119 Å². The van der Waals surface area contributed by atoms with Crippen LogP contribution in [0.25, 0.3) is 0 Å². The fourth-order valence-electron chi connectivity index (χ4n) is 3.19. The number of hydrogen-bond donors (Lipinski definition) is 1. The smallest absolute Gasteiger partial charge is 0.324 e. The summed E-state index contributed by atoms with van der Waals surface area (Å²) >= 11 is 11.6. The van der Waals surface area contributed by atoms with Crippen LogP contribution in [0.2, 0.25) is 10.0 Å². The molecule has 0 fully saturated rings. The number of rotatable bonds is 14. The molecule has 36 heavy (non-hydrogen) atoms. The van der Waals surface area contributed by atoms with Crippen molar-refractivity contribution in [1.82, 2.24) is 0 Å². The third-order valence-corrected chi connectivity index (χ3v) is 8.07. The average molecular weight is 558 g/mol. The molecule has 0 radical (unpaired) electrons. The Morgan fingerprint density at radius 2 is 1.56 bits per heavy atom. The highest BCUT2D eigenvalue weighted by Crippen LogP contribution is 2.55. The number of carbonyl (C=O) groups is 1. The molecule has 0 aliphatic heterocycles. The summed E-state index contributed by atoms with van der Waals surface area (Å²) in [5.74, 6) is -0.647. The van der Waals surface area contributed by atoms with Crippen LogP contribution in [0.4, 0.5) is 0 Å². The van der Waals surface area contributed by atoms with E-state index in [9.17, 15) is 19.2 Å². The second-order valence-electron chi connectivity index (χ2n) is 8.70. The van der Waals surface area contributed by atoms with Crippen molar-refractivity contribution in [2.45, 2.75) is 78.8 Å². The number of halogens is 2. The van der Waals surface area contributed by atoms with Crippen molar-refractivity contribution in [2.75, 3.05) is 6.54 Å². The van der Waals surface area contributed by atoms with Crippen LogP contribution in [0.1, 0.15) is 72.3 Å². The lowest BCUT2D eigenvalue weighted by Gasteiger charge is -2.13. The summed E-state index contributed by atoms with van der Waals surface area (Å²) in [5, 5.41) is 1.33. The molecule has 1 aromatic carbocycles. The standard InChI is InChI=1S/C18H30N3O4P.C8H8Cl2/c1-14(2)7-5-8-15(3)9-6-10-16(4)11-12-18(17(22)13-19)26(25,20-23)21-24;1-2-6-4-3-5-7(9)8(6)10/h7,9,11,18H,5-6,8,10,12-13,19H2,1-4H3;3-5H,2H2,1H3/b15-9+,16-11+;. The Balaban J connectivity index is 0.00000101. The van der Waals surface area contributed by atoms with Crippen molar-refractivity contribution < 1.29 is 9.36 Å². The quantitative estimate of drug-likeness (QED) is 0.139. The first-order valence-electron chi connectivity index (χ1n) is 11.8. The van der Waals surface area contributed by atoms with Gasteiger partial charge >= 0.3 is 7.44 Å². The summed E-state index contributed by atoms with van der Waals surface area (Å²) in [6.45, 7) is 9.77. The number of carbonyl (C=O) groups excluding carboxylic acids is 1. The number of nitrogens with zero attached hydrogens (tertiary/aromatic N) is 2. The van der Waals surface area contributed by atoms with Crippen LogP contribution in [-0.4, -0.2) is 18.0 Å². The van der Waals surface area contributed by atoms with Gasteiger partial charge in [0.05, 0.1) is 16.6 Å². The third-order valence-electron chi connectivity index (χ3n) is 5.44. The first-order chi connectivity index (χ1) is 16.9. The zero-order valence-corrected chi connectivity index (χ0v) is 24.2. The number of benzene rings is 1. The van der Waals surface area contributed by atoms with Gasteiger partial charge in [-0.3, -0.25) is 9.36 Å². The van der Waals surface area contributed by atoms with E-state index in [-0.39, 0.29) is 6.42 Å². The van der Waals surface area contributed by atoms with Crippen LogP contribution in [0.15, 0.2) is 63.0 Å². The van der Waals surface area contributed by atoms with Crippen LogP contribution in [0, 0.1) is 9.81 Å². The van der Waals surface area contributed by atoms with Gasteiger partial charge in [0.25, 0.3) is 0 Å². The van der Waals surface area contributed by atoms with Gasteiger partial charge in [-0.2, -0.15) is 0 Å². The summed E-state index contributed by atoms with van der Waals surface area (Å²) in [6, 6.07) is 5.68. The Morgan fingerprint density at radius 3 is 2.03 bits per heavy atom. The lowest BCUT2D eigenvalue weighted by atomic mass is 10.1. The van der Waals surface area contributed by atoms with Gasteiger partial charge < -0.3 is 5.73 Å². The summed E-state index contributed by atoms with van der Waals surface area (Å²) in [4.78, 5) is 37.9. The van der Waals surface area contributed by atoms with E-state index >= 15 is 0 Å². The van der Waals surface area contributed by atoms with Gasteiger partial charge in [-0.1, -0.05) is 77.2 Å². The predicted octanol–water partition coefficient (Wildman–Crippen LogP) is 8.97. The van der Waals surface area contributed by atoms with Gasteiger partial charge in [-0.25, -0.2) is 0 Å². The number of nitrogens with two attached hydrogens (primary N) is 1. The van der Waals surface area contributed by atoms with E-state index in [0.29, 0.717) is 10.0 Å². The molecule has 1 unspecified atom stereocenters. The van der Waals surface area contributed by atoms with Crippen molar-refractivity contribution in [1.29, 1.82) is 0 Å². The van der Waals surface area contributed by atoms with Crippen LogP contribution in [0.5, 0.6) is 0 Å². The molecule has 0 saturated carbocycles. The molecule has 0 aromatic heterocycles. The summed E-state index contributed by atoms with van der Waals surface area (Å²) in [5.41, 5.74) is 8.60. The molecule has 0 aliphatic carbocycles. The van der Waals surface area contributed by atoms with Gasteiger partial charge in [0.2, 0.25) is 0 Å². The number of aryl methyl sites for hydroxylation is 1. The van der Waals surface area contributed by atoms with E-state index in [0.717, 1.165) is 43.2 Å². The third kappa shape index (κ3) is 12.9. The fraction of sp³-hybridized carbons (Fsp3) is 0.500. The monoisotopic (exact) mass is 557 g/mol. The molecular weight excluding hydrogens is 520 g/mol. The van der Waals surface area contributed by atoms with Gasteiger partial charge in [0.1, 0.15) is 5.66 Å². The average Bonchev–Trinajstić information content (AvgIpc) is 2.85. The maximum Gasteiger partial charge on any atom is 0.384 e. The highest BCUT2D eigenvalue weighted by molar-refractivity contribution is 7.62. The summed E-state index contributed by atoms with van der Waals surface area (Å²) < 4.78 is 12.0. The van der Waals surface area contributed by atoms with Crippen molar-refractivity contribution in [3.05, 3.63) is 78.6 Å². The van der Waals surface area contributed by atoms with Gasteiger partial charge in [-0.15, -0.1) is 9.81 Å². The van der Waals surface area contributed by atoms with Gasteiger partial charge in [0.15, 0.2) is 5.78 Å². The zero-order chi connectivity index (χ0) is 27.7. The second-order valence-corrected chi connectivity index (χ2v) is 11.6. The Labute approximate surface area is 225 Å². The minimum absolute atomic E-state index is 0.0279. The molecule has 0 spiro atoms. The van der Waals surface area contributed by atoms with Crippen molar-refractivity contribution in [2.24, 2.45) is 15.6 Å². The molecule has 0 heterocycles. The van der Waals surface area contributed by atoms with E-state index in [2.05, 4.69) is 49.7 Å². The van der Waals surface area contributed by atoms with Crippen LogP contribution in [-0.2, 0) is 15.8 Å². The molecule has 10 heteroatoms. The SMILES string of the molecule is CC(C)=CCC/C(C)=C/CC/C(C)=C/CC(C(=O)CN)P(=O)(N=O)N=O.CCc1cccc(Cl)c1Cl. The van der Waals surface area contributed by atoms with E-state index in [1.54, 1.807) is 12.1 Å². The number of nitroso groups, excluding NO2 is 2. The highest BCUT2D eigenvalue weighted by atomic mass is 35.5. The number of Topliss-reactive ketones (excluding diaryl/α,β-unsaturated/α-hetero) is 1. The van der Waals surface area contributed by atoms with Crippen molar-refractivity contribution in [3.63, 3.8) is 0 Å². The number of ketones is 1. The summed E-state index contributed by atoms with van der Waals surface area (Å²) in [7, 11) is -4.34.